The summed E-state index contributed by atoms with van der Waals surface area (Å²) in [6, 6.07) is 9.89. The normalized spacial score (nSPS) is 10.3. The number of benzene rings is 1. The highest BCUT2D eigenvalue weighted by Gasteiger charge is 2.11. The highest BCUT2D eigenvalue weighted by atomic mass is 32.1. The number of carboxylic acid groups (broad SMARTS) is 1. The lowest BCUT2D eigenvalue weighted by Gasteiger charge is -1.96. The van der Waals surface area contributed by atoms with Crippen molar-refractivity contribution in [3.63, 3.8) is 0 Å². The van der Waals surface area contributed by atoms with E-state index in [0.29, 0.717) is 5.01 Å². The molecule has 0 radical (unpaired) electrons. The lowest BCUT2D eigenvalue weighted by Crippen LogP contribution is -1.98. The molecule has 0 unspecified atom stereocenters. The van der Waals surface area contributed by atoms with Crippen molar-refractivity contribution in [2.75, 3.05) is 0 Å². The van der Waals surface area contributed by atoms with Crippen LogP contribution in [-0.4, -0.2) is 16.1 Å². The monoisotopic (exact) mass is 233 g/mol. The van der Waals surface area contributed by atoms with Crippen LogP contribution in [0.5, 0.6) is 0 Å². The Morgan fingerprint density at radius 2 is 2.06 bits per heavy atom. The molecule has 0 amide bonds. The largest absolute Gasteiger partial charge is 0.481 e. The van der Waals surface area contributed by atoms with Crippen molar-refractivity contribution in [3.8, 4) is 10.4 Å². The molecule has 1 N–H and O–H groups in total. The molecule has 4 heteroatoms. The van der Waals surface area contributed by atoms with Crippen LogP contribution in [0.15, 0.2) is 30.3 Å². The van der Waals surface area contributed by atoms with Crippen LogP contribution in [0.25, 0.3) is 10.4 Å². The summed E-state index contributed by atoms with van der Waals surface area (Å²) in [6.07, 6.45) is -0.00165. The minimum Gasteiger partial charge on any atom is -0.481 e. The summed E-state index contributed by atoms with van der Waals surface area (Å²) in [4.78, 5) is 15.9. The van der Waals surface area contributed by atoms with Gasteiger partial charge >= 0.3 is 5.97 Å². The quantitative estimate of drug-likeness (QED) is 0.886. The Morgan fingerprint density at radius 3 is 2.69 bits per heavy atom. The molecule has 0 saturated heterocycles. The third kappa shape index (κ3) is 2.28. The van der Waals surface area contributed by atoms with Crippen molar-refractivity contribution in [1.82, 2.24) is 4.98 Å². The first-order chi connectivity index (χ1) is 7.66. The molecule has 0 aliphatic rings. The van der Waals surface area contributed by atoms with Gasteiger partial charge in [-0.05, 0) is 12.5 Å². The van der Waals surface area contributed by atoms with E-state index in [2.05, 4.69) is 4.98 Å². The van der Waals surface area contributed by atoms with Gasteiger partial charge in [-0.3, -0.25) is 4.79 Å². The van der Waals surface area contributed by atoms with E-state index in [-0.39, 0.29) is 6.42 Å². The number of carboxylic acids is 1. The predicted octanol–water partition coefficient (Wildman–Crippen LogP) is 2.75. The fourth-order valence-corrected chi connectivity index (χ4v) is 2.58. The minimum absolute atomic E-state index is 0.00165. The molecular formula is C12H11NO2S. The van der Waals surface area contributed by atoms with E-state index in [0.717, 1.165) is 16.1 Å². The lowest BCUT2D eigenvalue weighted by atomic mass is 10.2. The van der Waals surface area contributed by atoms with Gasteiger partial charge in [-0.1, -0.05) is 30.3 Å². The van der Waals surface area contributed by atoms with Crippen LogP contribution in [0, 0.1) is 6.92 Å². The molecule has 1 aromatic heterocycles. The van der Waals surface area contributed by atoms with E-state index >= 15 is 0 Å². The summed E-state index contributed by atoms with van der Waals surface area (Å²) < 4.78 is 0. The third-order valence-electron chi connectivity index (χ3n) is 2.18. The Bertz CT molecular complexity index is 505. The van der Waals surface area contributed by atoms with Crippen molar-refractivity contribution < 1.29 is 9.90 Å². The minimum atomic E-state index is -0.839. The number of carbonyl (C=O) groups is 1. The van der Waals surface area contributed by atoms with Crippen LogP contribution in [0.3, 0.4) is 0 Å². The van der Waals surface area contributed by atoms with Gasteiger partial charge in [0.15, 0.2) is 0 Å². The second-order valence-corrected chi connectivity index (χ2v) is 4.54. The molecule has 1 heterocycles. The number of aryl methyl sites for hydroxylation is 1. The van der Waals surface area contributed by atoms with E-state index in [9.17, 15) is 4.79 Å². The predicted molar refractivity (Wildman–Crippen MR) is 63.6 cm³/mol. The SMILES string of the molecule is Cc1nc(CC(=O)O)sc1-c1ccccc1. The fourth-order valence-electron chi connectivity index (χ4n) is 1.51. The van der Waals surface area contributed by atoms with Gasteiger partial charge in [0, 0.05) is 0 Å². The Labute approximate surface area is 97.4 Å². The highest BCUT2D eigenvalue weighted by molar-refractivity contribution is 7.15. The van der Waals surface area contributed by atoms with Crippen LogP contribution in [0.2, 0.25) is 0 Å². The maximum atomic E-state index is 10.6. The third-order valence-corrected chi connectivity index (χ3v) is 3.39. The summed E-state index contributed by atoms with van der Waals surface area (Å²) in [7, 11) is 0. The zero-order chi connectivity index (χ0) is 11.5. The number of rotatable bonds is 3. The molecule has 0 aliphatic carbocycles. The van der Waals surface area contributed by atoms with Gasteiger partial charge in [0.2, 0.25) is 0 Å². The summed E-state index contributed by atoms with van der Waals surface area (Å²) in [5.41, 5.74) is 1.99. The van der Waals surface area contributed by atoms with Gasteiger partial charge in [0.05, 0.1) is 17.0 Å². The van der Waals surface area contributed by atoms with E-state index in [4.69, 9.17) is 5.11 Å². The average molecular weight is 233 g/mol. The zero-order valence-corrected chi connectivity index (χ0v) is 9.62. The maximum Gasteiger partial charge on any atom is 0.310 e. The Morgan fingerprint density at radius 1 is 1.38 bits per heavy atom. The molecule has 1 aromatic carbocycles. The van der Waals surface area contributed by atoms with Gasteiger partial charge in [-0.2, -0.15) is 0 Å². The summed E-state index contributed by atoms with van der Waals surface area (Å²) in [5.74, 6) is -0.839. The van der Waals surface area contributed by atoms with Crippen LogP contribution in [0.4, 0.5) is 0 Å². The summed E-state index contributed by atoms with van der Waals surface area (Å²) in [5, 5.41) is 9.36. The number of hydrogen-bond donors (Lipinski definition) is 1. The molecule has 0 saturated carbocycles. The molecule has 0 bridgehead atoms. The standard InChI is InChI=1S/C12H11NO2S/c1-8-12(9-5-3-2-4-6-9)16-10(13-8)7-11(14)15/h2-6H,7H2,1H3,(H,14,15). The first-order valence-electron chi connectivity index (χ1n) is 4.90. The molecule has 82 valence electrons. The molecule has 2 aromatic rings. The second kappa shape index (κ2) is 4.45. The van der Waals surface area contributed by atoms with E-state index < -0.39 is 5.97 Å². The van der Waals surface area contributed by atoms with Crippen molar-refractivity contribution in [3.05, 3.63) is 41.0 Å². The molecule has 0 aliphatic heterocycles. The summed E-state index contributed by atoms with van der Waals surface area (Å²) in [6.45, 7) is 1.91. The number of hydrogen-bond acceptors (Lipinski definition) is 3. The molecule has 16 heavy (non-hydrogen) atoms. The van der Waals surface area contributed by atoms with Crippen molar-refractivity contribution in [1.29, 1.82) is 0 Å². The van der Waals surface area contributed by atoms with Crippen molar-refractivity contribution in [2.24, 2.45) is 0 Å². The van der Waals surface area contributed by atoms with Gasteiger partial charge in [0.1, 0.15) is 5.01 Å². The van der Waals surface area contributed by atoms with Crippen molar-refractivity contribution in [2.45, 2.75) is 13.3 Å². The smallest absolute Gasteiger partial charge is 0.310 e. The molecule has 0 spiro atoms. The molecular weight excluding hydrogens is 222 g/mol. The molecule has 3 nitrogen and oxygen atoms in total. The topological polar surface area (TPSA) is 50.2 Å². The van der Waals surface area contributed by atoms with Crippen LogP contribution < -0.4 is 0 Å². The Hall–Kier alpha value is -1.68. The average Bonchev–Trinajstić information content (AvgIpc) is 2.60. The number of aliphatic carboxylic acids is 1. The van der Waals surface area contributed by atoms with E-state index in [1.165, 1.54) is 11.3 Å². The second-order valence-electron chi connectivity index (χ2n) is 3.46. The van der Waals surface area contributed by atoms with Crippen LogP contribution in [0.1, 0.15) is 10.7 Å². The maximum absolute atomic E-state index is 10.6. The fraction of sp³-hybridized carbons (Fsp3) is 0.167. The Balaban J connectivity index is 2.36. The van der Waals surface area contributed by atoms with Crippen molar-refractivity contribution >= 4 is 17.3 Å². The molecule has 0 atom stereocenters. The van der Waals surface area contributed by atoms with E-state index in [1.807, 2.05) is 37.3 Å². The molecule has 0 fully saturated rings. The zero-order valence-electron chi connectivity index (χ0n) is 8.80. The number of aromatic nitrogens is 1. The van der Waals surface area contributed by atoms with Crippen LogP contribution >= 0.6 is 11.3 Å². The number of nitrogens with zero attached hydrogens (tertiary/aromatic N) is 1. The first kappa shape index (κ1) is 10.8. The lowest BCUT2D eigenvalue weighted by molar-refractivity contribution is -0.136. The molecule has 2 rings (SSSR count). The first-order valence-corrected chi connectivity index (χ1v) is 5.72. The van der Waals surface area contributed by atoms with Gasteiger partial charge in [-0.15, -0.1) is 11.3 Å². The van der Waals surface area contributed by atoms with Gasteiger partial charge in [0.25, 0.3) is 0 Å². The van der Waals surface area contributed by atoms with E-state index in [1.54, 1.807) is 0 Å². The Kier molecular flexibility index (Phi) is 3.01. The number of thiazole rings is 1. The summed E-state index contributed by atoms with van der Waals surface area (Å²) >= 11 is 1.45. The highest BCUT2D eigenvalue weighted by Crippen LogP contribution is 2.29. The van der Waals surface area contributed by atoms with Gasteiger partial charge in [-0.25, -0.2) is 4.98 Å². The van der Waals surface area contributed by atoms with Crippen LogP contribution in [-0.2, 0) is 11.2 Å². The van der Waals surface area contributed by atoms with Gasteiger partial charge < -0.3 is 5.11 Å².